The molecule has 13 heavy (non-hydrogen) atoms. The van der Waals surface area contributed by atoms with Gasteiger partial charge in [-0.25, -0.2) is 0 Å². The summed E-state index contributed by atoms with van der Waals surface area (Å²) in [5.74, 6) is 0. The third-order valence-electron chi connectivity index (χ3n) is 2.87. The summed E-state index contributed by atoms with van der Waals surface area (Å²) in [7, 11) is 0. The first-order valence-corrected chi connectivity index (χ1v) is 5.37. The summed E-state index contributed by atoms with van der Waals surface area (Å²) in [5, 5.41) is 0. The van der Waals surface area contributed by atoms with E-state index in [0.717, 1.165) is 26.3 Å². The molecule has 1 aliphatic rings. The van der Waals surface area contributed by atoms with Crippen LogP contribution in [0.3, 0.4) is 0 Å². The summed E-state index contributed by atoms with van der Waals surface area (Å²) in [6.07, 6.45) is 1.24. The SMILES string of the molecule is CCC(N1CCOCC1)C(C)(C)C. The molecule has 1 saturated heterocycles. The van der Waals surface area contributed by atoms with Crippen LogP contribution in [0.5, 0.6) is 0 Å². The van der Waals surface area contributed by atoms with Crippen LogP contribution in [0.4, 0.5) is 0 Å². The Bertz CT molecular complexity index is 145. The number of ether oxygens (including phenoxy) is 1. The van der Waals surface area contributed by atoms with Gasteiger partial charge in [-0.15, -0.1) is 0 Å². The van der Waals surface area contributed by atoms with Gasteiger partial charge in [-0.1, -0.05) is 27.7 Å². The molecule has 1 heterocycles. The fraction of sp³-hybridized carbons (Fsp3) is 1.00. The highest BCUT2D eigenvalue weighted by Gasteiger charge is 2.29. The summed E-state index contributed by atoms with van der Waals surface area (Å²) in [6, 6.07) is 0.705. The van der Waals surface area contributed by atoms with Crippen molar-refractivity contribution in [1.29, 1.82) is 0 Å². The monoisotopic (exact) mass is 185 g/mol. The van der Waals surface area contributed by atoms with Gasteiger partial charge in [0.25, 0.3) is 0 Å². The smallest absolute Gasteiger partial charge is 0.0594 e. The third-order valence-corrected chi connectivity index (χ3v) is 2.87. The Morgan fingerprint density at radius 2 is 1.77 bits per heavy atom. The fourth-order valence-electron chi connectivity index (χ4n) is 2.31. The summed E-state index contributed by atoms with van der Waals surface area (Å²) >= 11 is 0. The van der Waals surface area contributed by atoms with Crippen LogP contribution >= 0.6 is 0 Å². The number of nitrogens with zero attached hydrogens (tertiary/aromatic N) is 1. The zero-order valence-electron chi connectivity index (χ0n) is 9.47. The maximum atomic E-state index is 5.37. The zero-order valence-corrected chi connectivity index (χ0v) is 9.47. The molecule has 0 aliphatic carbocycles. The fourth-order valence-corrected chi connectivity index (χ4v) is 2.31. The van der Waals surface area contributed by atoms with E-state index in [1.807, 2.05) is 0 Å². The molecule has 0 aromatic heterocycles. The predicted octanol–water partition coefficient (Wildman–Crippen LogP) is 2.14. The second-order valence-electron chi connectivity index (χ2n) is 4.94. The number of hydrogen-bond donors (Lipinski definition) is 0. The quantitative estimate of drug-likeness (QED) is 0.653. The lowest BCUT2D eigenvalue weighted by Gasteiger charge is -2.41. The van der Waals surface area contributed by atoms with E-state index in [1.165, 1.54) is 6.42 Å². The first kappa shape index (κ1) is 11.0. The molecule has 1 fully saturated rings. The summed E-state index contributed by atoms with van der Waals surface area (Å²) < 4.78 is 5.37. The van der Waals surface area contributed by atoms with Gasteiger partial charge in [-0.05, 0) is 11.8 Å². The first-order valence-electron chi connectivity index (χ1n) is 5.37. The van der Waals surface area contributed by atoms with Crippen molar-refractivity contribution in [2.24, 2.45) is 5.41 Å². The standard InChI is InChI=1S/C11H23NO/c1-5-10(11(2,3)4)12-6-8-13-9-7-12/h10H,5-9H2,1-4H3. The number of rotatable bonds is 2. The van der Waals surface area contributed by atoms with Gasteiger partial charge >= 0.3 is 0 Å². The summed E-state index contributed by atoms with van der Waals surface area (Å²) in [6.45, 7) is 13.3. The van der Waals surface area contributed by atoms with Crippen LogP contribution in [-0.2, 0) is 4.74 Å². The van der Waals surface area contributed by atoms with Gasteiger partial charge < -0.3 is 4.74 Å². The molecule has 0 aromatic rings. The van der Waals surface area contributed by atoms with E-state index in [0.29, 0.717) is 11.5 Å². The van der Waals surface area contributed by atoms with E-state index in [4.69, 9.17) is 4.74 Å². The van der Waals surface area contributed by atoms with E-state index in [1.54, 1.807) is 0 Å². The second-order valence-corrected chi connectivity index (χ2v) is 4.94. The van der Waals surface area contributed by atoms with Gasteiger partial charge in [0, 0.05) is 19.1 Å². The highest BCUT2D eigenvalue weighted by Crippen LogP contribution is 2.27. The lowest BCUT2D eigenvalue weighted by molar-refractivity contribution is -0.0114. The second kappa shape index (κ2) is 4.43. The van der Waals surface area contributed by atoms with Crippen LogP contribution in [0.1, 0.15) is 34.1 Å². The molecule has 0 bridgehead atoms. The molecule has 0 spiro atoms. The summed E-state index contributed by atoms with van der Waals surface area (Å²) in [5.41, 5.74) is 0.395. The largest absolute Gasteiger partial charge is 0.379 e. The lowest BCUT2D eigenvalue weighted by Crippen LogP contribution is -2.48. The molecule has 0 saturated carbocycles. The van der Waals surface area contributed by atoms with Crippen molar-refractivity contribution in [2.45, 2.75) is 40.2 Å². The van der Waals surface area contributed by atoms with Crippen molar-refractivity contribution >= 4 is 0 Å². The highest BCUT2D eigenvalue weighted by atomic mass is 16.5. The zero-order chi connectivity index (χ0) is 9.90. The van der Waals surface area contributed by atoms with Crippen molar-refractivity contribution in [3.63, 3.8) is 0 Å². The first-order chi connectivity index (χ1) is 6.05. The Morgan fingerprint density at radius 1 is 1.23 bits per heavy atom. The molecule has 2 nitrogen and oxygen atoms in total. The maximum Gasteiger partial charge on any atom is 0.0594 e. The van der Waals surface area contributed by atoms with E-state index in [-0.39, 0.29) is 0 Å². The number of hydrogen-bond acceptors (Lipinski definition) is 2. The molecule has 1 atom stereocenters. The van der Waals surface area contributed by atoms with Crippen molar-refractivity contribution in [2.75, 3.05) is 26.3 Å². The van der Waals surface area contributed by atoms with Crippen molar-refractivity contribution < 1.29 is 4.74 Å². The van der Waals surface area contributed by atoms with Crippen LogP contribution in [0.15, 0.2) is 0 Å². The Labute approximate surface area is 82.3 Å². The van der Waals surface area contributed by atoms with Crippen molar-refractivity contribution in [1.82, 2.24) is 4.90 Å². The summed E-state index contributed by atoms with van der Waals surface area (Å²) in [4.78, 5) is 2.57. The topological polar surface area (TPSA) is 12.5 Å². The van der Waals surface area contributed by atoms with Gasteiger partial charge in [0.1, 0.15) is 0 Å². The number of morpholine rings is 1. The van der Waals surface area contributed by atoms with Crippen molar-refractivity contribution in [3.8, 4) is 0 Å². The maximum absolute atomic E-state index is 5.37. The normalized spacial score (nSPS) is 23.1. The minimum atomic E-state index is 0.395. The van der Waals surface area contributed by atoms with Crippen molar-refractivity contribution in [3.05, 3.63) is 0 Å². The van der Waals surface area contributed by atoms with Gasteiger partial charge in [-0.2, -0.15) is 0 Å². The Morgan fingerprint density at radius 3 is 2.15 bits per heavy atom. The Kier molecular flexibility index (Phi) is 3.74. The predicted molar refractivity (Wildman–Crippen MR) is 55.9 cm³/mol. The van der Waals surface area contributed by atoms with Gasteiger partial charge in [0.2, 0.25) is 0 Å². The molecule has 0 N–H and O–H groups in total. The minimum Gasteiger partial charge on any atom is -0.379 e. The molecule has 2 heteroatoms. The van der Waals surface area contributed by atoms with Crippen LogP contribution in [0.25, 0.3) is 0 Å². The molecule has 0 amide bonds. The van der Waals surface area contributed by atoms with Gasteiger partial charge in [-0.3, -0.25) is 4.90 Å². The van der Waals surface area contributed by atoms with Gasteiger partial charge in [0.15, 0.2) is 0 Å². The molecule has 0 aromatic carbocycles. The van der Waals surface area contributed by atoms with Crippen LogP contribution in [0, 0.1) is 5.41 Å². The minimum absolute atomic E-state index is 0.395. The van der Waals surface area contributed by atoms with Gasteiger partial charge in [0.05, 0.1) is 13.2 Å². The molecule has 1 rings (SSSR count). The van der Waals surface area contributed by atoms with Crippen LogP contribution < -0.4 is 0 Å². The molecular formula is C11H23NO. The Balaban J connectivity index is 2.54. The third kappa shape index (κ3) is 2.96. The molecule has 0 radical (unpaired) electrons. The highest BCUT2D eigenvalue weighted by molar-refractivity contribution is 4.83. The molecule has 1 unspecified atom stereocenters. The van der Waals surface area contributed by atoms with E-state index >= 15 is 0 Å². The molecule has 78 valence electrons. The van der Waals surface area contributed by atoms with Crippen LogP contribution in [0.2, 0.25) is 0 Å². The van der Waals surface area contributed by atoms with E-state index in [2.05, 4.69) is 32.6 Å². The van der Waals surface area contributed by atoms with E-state index < -0.39 is 0 Å². The average molecular weight is 185 g/mol. The lowest BCUT2D eigenvalue weighted by atomic mass is 9.84. The average Bonchev–Trinajstić information content (AvgIpc) is 2.05. The molecule has 1 aliphatic heterocycles. The van der Waals surface area contributed by atoms with E-state index in [9.17, 15) is 0 Å². The Hall–Kier alpha value is -0.0800. The van der Waals surface area contributed by atoms with Crippen LogP contribution in [-0.4, -0.2) is 37.2 Å². The molecular weight excluding hydrogens is 162 g/mol.